The molecule has 0 saturated heterocycles. The maximum atomic E-state index is 12.3. The van der Waals surface area contributed by atoms with E-state index in [0.717, 1.165) is 12.1 Å². The summed E-state index contributed by atoms with van der Waals surface area (Å²) in [6.07, 6.45) is -4.36. The van der Waals surface area contributed by atoms with Crippen molar-refractivity contribution >= 4 is 11.0 Å². The second-order valence-corrected chi connectivity index (χ2v) is 3.07. The van der Waals surface area contributed by atoms with Crippen molar-refractivity contribution in [3.05, 3.63) is 29.6 Å². The fraction of sp³-hybridized carbons (Fsp3) is 0.222. The predicted octanol–water partition coefficient (Wildman–Crippen LogP) is 2.07. The van der Waals surface area contributed by atoms with E-state index in [9.17, 15) is 13.2 Å². The van der Waals surface area contributed by atoms with Gasteiger partial charge in [0, 0.05) is 0 Å². The van der Waals surface area contributed by atoms with Crippen LogP contribution in [0, 0.1) is 0 Å². The zero-order valence-corrected chi connectivity index (χ0v) is 7.47. The van der Waals surface area contributed by atoms with Crippen molar-refractivity contribution in [2.24, 2.45) is 0 Å². The van der Waals surface area contributed by atoms with E-state index in [4.69, 9.17) is 5.11 Å². The molecule has 0 aliphatic heterocycles. The van der Waals surface area contributed by atoms with Crippen molar-refractivity contribution in [2.45, 2.75) is 12.8 Å². The second kappa shape index (κ2) is 3.23. The van der Waals surface area contributed by atoms with Gasteiger partial charge in [-0.25, -0.2) is 4.98 Å². The highest BCUT2D eigenvalue weighted by Crippen LogP contribution is 2.30. The number of fused-ring (bicyclic) bond motifs is 1. The minimum Gasteiger partial charge on any atom is -0.388 e. The van der Waals surface area contributed by atoms with E-state index >= 15 is 0 Å². The molecule has 0 fully saturated rings. The smallest absolute Gasteiger partial charge is 0.388 e. The highest BCUT2D eigenvalue weighted by atomic mass is 19.4. The van der Waals surface area contributed by atoms with Gasteiger partial charge in [-0.3, -0.25) is 0 Å². The van der Waals surface area contributed by atoms with Gasteiger partial charge in [0.1, 0.15) is 12.4 Å². The topological polar surface area (TPSA) is 48.9 Å². The number of aliphatic hydroxyl groups is 1. The summed E-state index contributed by atoms with van der Waals surface area (Å²) in [5.74, 6) is 0.254. The lowest BCUT2D eigenvalue weighted by atomic mass is 10.2. The molecule has 1 aromatic heterocycles. The number of benzene rings is 1. The Morgan fingerprint density at radius 2 is 2.07 bits per heavy atom. The predicted molar refractivity (Wildman–Crippen MR) is 47.0 cm³/mol. The highest BCUT2D eigenvalue weighted by Gasteiger charge is 2.30. The van der Waals surface area contributed by atoms with E-state index in [-0.39, 0.29) is 17.9 Å². The van der Waals surface area contributed by atoms with E-state index in [0.29, 0.717) is 5.52 Å². The zero-order valence-electron chi connectivity index (χ0n) is 7.47. The van der Waals surface area contributed by atoms with Gasteiger partial charge in [0.15, 0.2) is 0 Å². The third-order valence-corrected chi connectivity index (χ3v) is 2.01. The number of aliphatic hydroxyl groups excluding tert-OH is 1. The van der Waals surface area contributed by atoms with Gasteiger partial charge in [0.2, 0.25) is 0 Å². The summed E-state index contributed by atoms with van der Waals surface area (Å²) in [6.45, 7) is -0.323. The molecule has 0 saturated carbocycles. The van der Waals surface area contributed by atoms with Gasteiger partial charge in [-0.05, 0) is 18.2 Å². The number of aromatic nitrogens is 2. The first-order valence-corrected chi connectivity index (χ1v) is 4.17. The molecule has 0 aliphatic carbocycles. The van der Waals surface area contributed by atoms with E-state index in [1.165, 1.54) is 6.07 Å². The Morgan fingerprint density at radius 1 is 1.33 bits per heavy atom. The molecule has 2 aromatic rings. The van der Waals surface area contributed by atoms with Crippen molar-refractivity contribution in [3.8, 4) is 0 Å². The minimum atomic E-state index is -4.36. The molecule has 0 amide bonds. The standard InChI is InChI=1S/C9H7F3N2O/c10-9(11,12)5-1-2-6-7(3-5)14-8(4-15)13-6/h1-3,15H,4H2,(H,13,14). The van der Waals surface area contributed by atoms with E-state index < -0.39 is 11.7 Å². The maximum absolute atomic E-state index is 12.3. The first kappa shape index (κ1) is 9.97. The van der Waals surface area contributed by atoms with E-state index in [2.05, 4.69) is 9.97 Å². The SMILES string of the molecule is OCc1nc2ccc(C(F)(F)F)cc2[nH]1. The van der Waals surface area contributed by atoms with Crippen LogP contribution in [-0.2, 0) is 12.8 Å². The van der Waals surface area contributed by atoms with Crippen LogP contribution >= 0.6 is 0 Å². The summed E-state index contributed by atoms with van der Waals surface area (Å²) in [5.41, 5.74) is -0.0518. The molecule has 15 heavy (non-hydrogen) atoms. The van der Waals surface area contributed by atoms with Gasteiger partial charge in [0.05, 0.1) is 16.6 Å². The van der Waals surface area contributed by atoms with Gasteiger partial charge in [-0.1, -0.05) is 0 Å². The van der Waals surface area contributed by atoms with Crippen LogP contribution in [0.25, 0.3) is 11.0 Å². The summed E-state index contributed by atoms with van der Waals surface area (Å²) in [7, 11) is 0. The van der Waals surface area contributed by atoms with Gasteiger partial charge in [-0.15, -0.1) is 0 Å². The number of H-pyrrole nitrogens is 1. The third-order valence-electron chi connectivity index (χ3n) is 2.01. The molecule has 0 unspecified atom stereocenters. The van der Waals surface area contributed by atoms with Crippen LogP contribution < -0.4 is 0 Å². The van der Waals surface area contributed by atoms with Crippen molar-refractivity contribution in [1.82, 2.24) is 9.97 Å². The Kier molecular flexibility index (Phi) is 2.15. The number of nitrogens with one attached hydrogen (secondary N) is 1. The summed E-state index contributed by atoms with van der Waals surface area (Å²) >= 11 is 0. The Morgan fingerprint density at radius 3 is 2.67 bits per heavy atom. The largest absolute Gasteiger partial charge is 0.416 e. The molecule has 2 N–H and O–H groups in total. The molecule has 6 heteroatoms. The average Bonchev–Trinajstić information content (AvgIpc) is 2.57. The summed E-state index contributed by atoms with van der Waals surface area (Å²) in [4.78, 5) is 6.48. The number of aromatic amines is 1. The minimum absolute atomic E-state index is 0.254. The lowest BCUT2D eigenvalue weighted by molar-refractivity contribution is -0.137. The number of nitrogens with zero attached hydrogens (tertiary/aromatic N) is 1. The van der Waals surface area contributed by atoms with Crippen LogP contribution in [0.2, 0.25) is 0 Å². The Hall–Kier alpha value is -1.56. The van der Waals surface area contributed by atoms with Crippen LogP contribution in [0.4, 0.5) is 13.2 Å². The first-order valence-electron chi connectivity index (χ1n) is 4.17. The average molecular weight is 216 g/mol. The fourth-order valence-electron chi connectivity index (χ4n) is 1.31. The molecule has 0 bridgehead atoms. The van der Waals surface area contributed by atoms with Gasteiger partial charge < -0.3 is 10.1 Å². The number of halogens is 3. The number of hydrogen-bond acceptors (Lipinski definition) is 2. The van der Waals surface area contributed by atoms with Gasteiger partial charge in [0.25, 0.3) is 0 Å². The Bertz CT molecular complexity index is 490. The van der Waals surface area contributed by atoms with Crippen molar-refractivity contribution in [3.63, 3.8) is 0 Å². The van der Waals surface area contributed by atoms with Crippen LogP contribution in [0.5, 0.6) is 0 Å². The Labute approximate surface area is 82.6 Å². The molecular formula is C9H7F3N2O. The molecule has 0 radical (unpaired) electrons. The molecule has 80 valence electrons. The number of imidazole rings is 1. The Balaban J connectivity index is 2.55. The van der Waals surface area contributed by atoms with Crippen molar-refractivity contribution in [1.29, 1.82) is 0 Å². The fourth-order valence-corrected chi connectivity index (χ4v) is 1.31. The van der Waals surface area contributed by atoms with Crippen LogP contribution in [-0.4, -0.2) is 15.1 Å². The summed E-state index contributed by atoms with van der Waals surface area (Å²) in [5, 5.41) is 8.75. The monoisotopic (exact) mass is 216 g/mol. The second-order valence-electron chi connectivity index (χ2n) is 3.07. The highest BCUT2D eigenvalue weighted by molar-refractivity contribution is 5.76. The molecule has 0 spiro atoms. The normalized spacial score (nSPS) is 12.3. The molecule has 0 aliphatic rings. The van der Waals surface area contributed by atoms with Crippen LogP contribution in [0.1, 0.15) is 11.4 Å². The molecular weight excluding hydrogens is 209 g/mol. The van der Waals surface area contributed by atoms with Gasteiger partial charge in [-0.2, -0.15) is 13.2 Å². The van der Waals surface area contributed by atoms with Crippen LogP contribution in [0.3, 0.4) is 0 Å². The summed E-state index contributed by atoms with van der Waals surface area (Å²) < 4.78 is 37.0. The van der Waals surface area contributed by atoms with Crippen molar-refractivity contribution in [2.75, 3.05) is 0 Å². The summed E-state index contributed by atoms with van der Waals surface area (Å²) in [6, 6.07) is 3.21. The number of hydrogen-bond donors (Lipinski definition) is 2. The third kappa shape index (κ3) is 1.80. The molecule has 2 rings (SSSR count). The zero-order chi connectivity index (χ0) is 11.1. The maximum Gasteiger partial charge on any atom is 0.416 e. The molecule has 0 atom stereocenters. The van der Waals surface area contributed by atoms with Crippen LogP contribution in [0.15, 0.2) is 18.2 Å². The number of rotatable bonds is 1. The lowest BCUT2D eigenvalue weighted by Gasteiger charge is -2.05. The lowest BCUT2D eigenvalue weighted by Crippen LogP contribution is -2.04. The first-order chi connectivity index (χ1) is 7.00. The number of alkyl halides is 3. The van der Waals surface area contributed by atoms with E-state index in [1.807, 2.05) is 0 Å². The van der Waals surface area contributed by atoms with Gasteiger partial charge >= 0.3 is 6.18 Å². The van der Waals surface area contributed by atoms with Crippen molar-refractivity contribution < 1.29 is 18.3 Å². The van der Waals surface area contributed by atoms with E-state index in [1.54, 1.807) is 0 Å². The molecule has 1 heterocycles. The quantitative estimate of drug-likeness (QED) is 0.766. The molecule has 3 nitrogen and oxygen atoms in total. The molecule has 1 aromatic carbocycles.